The summed E-state index contributed by atoms with van der Waals surface area (Å²) in [5.74, 6) is -0.411. The molecule has 0 aromatic heterocycles. The summed E-state index contributed by atoms with van der Waals surface area (Å²) in [4.78, 5) is 12.1. The summed E-state index contributed by atoms with van der Waals surface area (Å²) in [5, 5.41) is 14.9. The number of aryl methyl sites for hydroxylation is 1. The number of ether oxygens (including phenoxy) is 1. The molecule has 6 heteroatoms. The van der Waals surface area contributed by atoms with Crippen molar-refractivity contribution in [3.8, 4) is 6.07 Å². The van der Waals surface area contributed by atoms with E-state index in [0.717, 1.165) is 28.6 Å². The molecular formula is C16H18IN3O2. The predicted molar refractivity (Wildman–Crippen MR) is 93.2 cm³/mol. The predicted octanol–water partition coefficient (Wildman–Crippen LogP) is 2.71. The molecule has 1 unspecified atom stereocenters. The van der Waals surface area contributed by atoms with Gasteiger partial charge in [-0.25, -0.2) is 0 Å². The third kappa shape index (κ3) is 4.71. The second-order valence-electron chi connectivity index (χ2n) is 5.13. The van der Waals surface area contributed by atoms with Gasteiger partial charge in [-0.1, -0.05) is 0 Å². The molecule has 2 rings (SSSR count). The first-order valence-electron chi connectivity index (χ1n) is 7.13. The average Bonchev–Trinajstić information content (AvgIpc) is 2.99. The van der Waals surface area contributed by atoms with Crippen molar-refractivity contribution in [3.63, 3.8) is 0 Å². The Morgan fingerprint density at radius 1 is 1.59 bits per heavy atom. The summed E-state index contributed by atoms with van der Waals surface area (Å²) in [7, 11) is 0. The monoisotopic (exact) mass is 411 g/mol. The Bertz CT molecular complexity index is 616. The Balaban J connectivity index is 1.94. The van der Waals surface area contributed by atoms with Crippen LogP contribution in [0.4, 0.5) is 5.69 Å². The maximum absolute atomic E-state index is 12.1. The highest BCUT2D eigenvalue weighted by atomic mass is 127. The fourth-order valence-corrected chi connectivity index (χ4v) is 2.85. The van der Waals surface area contributed by atoms with Gasteiger partial charge in [-0.15, -0.1) is 0 Å². The van der Waals surface area contributed by atoms with Crippen LogP contribution in [0.5, 0.6) is 0 Å². The van der Waals surface area contributed by atoms with E-state index in [2.05, 4.69) is 33.2 Å². The Hall–Kier alpha value is -1.59. The molecule has 0 saturated carbocycles. The molecule has 1 aliphatic heterocycles. The van der Waals surface area contributed by atoms with E-state index in [4.69, 9.17) is 10.00 Å². The van der Waals surface area contributed by atoms with Gasteiger partial charge in [0.15, 0.2) is 0 Å². The van der Waals surface area contributed by atoms with E-state index in [-0.39, 0.29) is 11.7 Å². The zero-order valence-electron chi connectivity index (χ0n) is 12.4. The number of benzene rings is 1. The smallest absolute Gasteiger partial charge is 0.267 e. The molecule has 1 saturated heterocycles. The molecule has 1 aromatic rings. The van der Waals surface area contributed by atoms with Crippen molar-refractivity contribution in [2.75, 3.05) is 18.5 Å². The summed E-state index contributed by atoms with van der Waals surface area (Å²) in [6.07, 6.45) is 3.70. The second-order valence-corrected chi connectivity index (χ2v) is 6.37. The number of carbonyl (C=O) groups is 1. The van der Waals surface area contributed by atoms with Gasteiger partial charge in [-0.3, -0.25) is 4.79 Å². The molecule has 1 fully saturated rings. The van der Waals surface area contributed by atoms with E-state index in [1.165, 1.54) is 6.20 Å². The summed E-state index contributed by atoms with van der Waals surface area (Å²) in [6.45, 7) is 3.32. The number of nitrogens with one attached hydrogen (secondary N) is 2. The van der Waals surface area contributed by atoms with Crippen molar-refractivity contribution < 1.29 is 9.53 Å². The van der Waals surface area contributed by atoms with Gasteiger partial charge in [0, 0.05) is 28.6 Å². The van der Waals surface area contributed by atoms with Crippen LogP contribution in [0, 0.1) is 21.8 Å². The number of carbonyl (C=O) groups excluding carboxylic acids is 1. The van der Waals surface area contributed by atoms with Gasteiger partial charge >= 0.3 is 0 Å². The van der Waals surface area contributed by atoms with Crippen LogP contribution < -0.4 is 10.6 Å². The van der Waals surface area contributed by atoms with Crippen molar-refractivity contribution in [1.29, 1.82) is 5.26 Å². The summed E-state index contributed by atoms with van der Waals surface area (Å²) in [5.41, 5.74) is 1.73. The van der Waals surface area contributed by atoms with Crippen LogP contribution in [0.1, 0.15) is 18.4 Å². The molecule has 1 aromatic carbocycles. The van der Waals surface area contributed by atoms with Gasteiger partial charge < -0.3 is 15.4 Å². The van der Waals surface area contributed by atoms with Crippen molar-refractivity contribution >= 4 is 34.2 Å². The number of hydrogen-bond donors (Lipinski definition) is 2. The normalized spacial score (nSPS) is 17.9. The molecule has 0 bridgehead atoms. The highest BCUT2D eigenvalue weighted by Gasteiger charge is 2.15. The number of rotatable bonds is 5. The maximum atomic E-state index is 12.1. The van der Waals surface area contributed by atoms with E-state index < -0.39 is 5.91 Å². The SMILES string of the molecule is Cc1cc(I)ccc1NC(=O)/C(C#N)=C\NCC1CCCO1. The second kappa shape index (κ2) is 8.15. The number of anilines is 1. The fourth-order valence-electron chi connectivity index (χ4n) is 2.20. The van der Waals surface area contributed by atoms with E-state index >= 15 is 0 Å². The fraction of sp³-hybridized carbons (Fsp3) is 0.375. The Kier molecular flexibility index (Phi) is 6.21. The number of nitriles is 1. The molecule has 1 amide bonds. The van der Waals surface area contributed by atoms with Crippen molar-refractivity contribution in [2.45, 2.75) is 25.9 Å². The first-order chi connectivity index (χ1) is 10.6. The lowest BCUT2D eigenvalue weighted by Gasteiger charge is -2.10. The van der Waals surface area contributed by atoms with Crippen LogP contribution in [0.2, 0.25) is 0 Å². The van der Waals surface area contributed by atoms with Crippen LogP contribution in [0.3, 0.4) is 0 Å². The molecule has 1 heterocycles. The Morgan fingerprint density at radius 2 is 2.41 bits per heavy atom. The largest absolute Gasteiger partial charge is 0.387 e. The maximum Gasteiger partial charge on any atom is 0.267 e. The van der Waals surface area contributed by atoms with Crippen LogP contribution >= 0.6 is 22.6 Å². The first kappa shape index (κ1) is 16.8. The standard InChI is InChI=1S/C16H18IN3O2/c1-11-7-13(17)4-5-15(11)20-16(21)12(8-18)9-19-10-14-3-2-6-22-14/h4-5,7,9,14,19H,2-3,6,10H2,1H3,(H,20,21)/b12-9-. The molecule has 0 aliphatic carbocycles. The van der Waals surface area contributed by atoms with E-state index in [0.29, 0.717) is 12.2 Å². The topological polar surface area (TPSA) is 74.2 Å². The zero-order valence-corrected chi connectivity index (χ0v) is 14.5. The number of nitrogens with zero attached hydrogens (tertiary/aromatic N) is 1. The molecule has 22 heavy (non-hydrogen) atoms. The average molecular weight is 411 g/mol. The van der Waals surface area contributed by atoms with Gasteiger partial charge in [-0.2, -0.15) is 5.26 Å². The van der Waals surface area contributed by atoms with E-state index in [1.54, 1.807) is 0 Å². The minimum atomic E-state index is -0.411. The summed E-state index contributed by atoms with van der Waals surface area (Å²) < 4.78 is 6.57. The number of hydrogen-bond acceptors (Lipinski definition) is 4. The molecule has 1 atom stereocenters. The Morgan fingerprint density at radius 3 is 3.05 bits per heavy atom. The molecule has 1 aliphatic rings. The molecule has 116 valence electrons. The van der Waals surface area contributed by atoms with Gasteiger partial charge in [-0.05, 0) is 66.1 Å². The van der Waals surface area contributed by atoms with Gasteiger partial charge in [0.25, 0.3) is 5.91 Å². The van der Waals surface area contributed by atoms with Gasteiger partial charge in [0.2, 0.25) is 0 Å². The minimum absolute atomic E-state index is 0.0518. The third-order valence-electron chi connectivity index (χ3n) is 3.42. The van der Waals surface area contributed by atoms with Crippen LogP contribution in [-0.4, -0.2) is 25.2 Å². The molecule has 0 radical (unpaired) electrons. The van der Waals surface area contributed by atoms with Gasteiger partial charge in [0.1, 0.15) is 11.6 Å². The van der Waals surface area contributed by atoms with Crippen LogP contribution in [0.15, 0.2) is 30.0 Å². The van der Waals surface area contributed by atoms with Crippen LogP contribution in [-0.2, 0) is 9.53 Å². The first-order valence-corrected chi connectivity index (χ1v) is 8.21. The highest BCUT2D eigenvalue weighted by Crippen LogP contribution is 2.18. The van der Waals surface area contributed by atoms with Crippen molar-refractivity contribution in [1.82, 2.24) is 5.32 Å². The number of amides is 1. The summed E-state index contributed by atoms with van der Waals surface area (Å²) in [6, 6.07) is 7.64. The van der Waals surface area contributed by atoms with Crippen molar-refractivity contribution in [3.05, 3.63) is 39.1 Å². The molecule has 2 N–H and O–H groups in total. The lowest BCUT2D eigenvalue weighted by Crippen LogP contribution is -2.24. The van der Waals surface area contributed by atoms with E-state index in [9.17, 15) is 4.79 Å². The minimum Gasteiger partial charge on any atom is -0.387 e. The van der Waals surface area contributed by atoms with E-state index in [1.807, 2.05) is 31.2 Å². The molecule has 5 nitrogen and oxygen atoms in total. The highest BCUT2D eigenvalue weighted by molar-refractivity contribution is 14.1. The lowest BCUT2D eigenvalue weighted by atomic mass is 10.2. The third-order valence-corrected chi connectivity index (χ3v) is 4.09. The zero-order chi connectivity index (χ0) is 15.9. The Labute approximate surface area is 143 Å². The molecular weight excluding hydrogens is 393 g/mol. The lowest BCUT2D eigenvalue weighted by molar-refractivity contribution is -0.112. The molecule has 0 spiro atoms. The van der Waals surface area contributed by atoms with Crippen molar-refractivity contribution in [2.24, 2.45) is 0 Å². The van der Waals surface area contributed by atoms with Gasteiger partial charge in [0.05, 0.1) is 6.10 Å². The summed E-state index contributed by atoms with van der Waals surface area (Å²) >= 11 is 2.21. The quantitative estimate of drug-likeness (QED) is 0.444. The van der Waals surface area contributed by atoms with Crippen LogP contribution in [0.25, 0.3) is 0 Å². The number of halogens is 1.